The summed E-state index contributed by atoms with van der Waals surface area (Å²) >= 11 is 0. The summed E-state index contributed by atoms with van der Waals surface area (Å²) in [7, 11) is 0. The second kappa shape index (κ2) is 11.4. The molecule has 2 aliphatic heterocycles. The van der Waals surface area contributed by atoms with Crippen molar-refractivity contribution in [1.29, 1.82) is 0 Å². The number of rotatable bonds is 8. The van der Waals surface area contributed by atoms with Crippen LogP contribution in [0.2, 0.25) is 0 Å². The van der Waals surface area contributed by atoms with Crippen molar-refractivity contribution < 1.29 is 24.2 Å². The topological polar surface area (TPSA) is 92.2 Å². The Labute approximate surface area is 215 Å². The maximum Gasteiger partial charge on any atom is 0.295 e. The van der Waals surface area contributed by atoms with Gasteiger partial charge in [-0.15, -0.1) is 0 Å². The third-order valence-electron chi connectivity index (χ3n) is 6.68. The summed E-state index contributed by atoms with van der Waals surface area (Å²) in [5.41, 5.74) is 2.23. The highest BCUT2D eigenvalue weighted by molar-refractivity contribution is 6.46. The van der Waals surface area contributed by atoms with E-state index in [0.29, 0.717) is 49.8 Å². The van der Waals surface area contributed by atoms with Gasteiger partial charge in [-0.1, -0.05) is 42.5 Å². The number of benzene rings is 2. The highest BCUT2D eigenvalue weighted by atomic mass is 16.5. The Balaban J connectivity index is 1.48. The van der Waals surface area contributed by atoms with Gasteiger partial charge in [0.15, 0.2) is 0 Å². The van der Waals surface area contributed by atoms with Crippen molar-refractivity contribution in [2.45, 2.75) is 12.6 Å². The van der Waals surface area contributed by atoms with E-state index in [-0.39, 0.29) is 11.3 Å². The molecule has 1 amide bonds. The van der Waals surface area contributed by atoms with Gasteiger partial charge in [0, 0.05) is 44.1 Å². The number of hydrogen-bond donors (Lipinski definition) is 1. The molecule has 0 aliphatic carbocycles. The Bertz CT molecular complexity index is 1270. The van der Waals surface area contributed by atoms with Crippen LogP contribution in [0.1, 0.15) is 22.7 Å². The highest BCUT2D eigenvalue weighted by Crippen LogP contribution is 2.40. The second-order valence-electron chi connectivity index (χ2n) is 9.03. The molecule has 5 rings (SSSR count). The summed E-state index contributed by atoms with van der Waals surface area (Å²) in [5, 5.41) is 11.2. The Morgan fingerprint density at radius 1 is 0.973 bits per heavy atom. The van der Waals surface area contributed by atoms with Gasteiger partial charge < -0.3 is 19.5 Å². The smallest absolute Gasteiger partial charge is 0.295 e. The molecule has 1 N–H and O–H groups in total. The summed E-state index contributed by atoms with van der Waals surface area (Å²) in [6, 6.07) is 19.7. The minimum atomic E-state index is -0.741. The van der Waals surface area contributed by atoms with Crippen molar-refractivity contribution in [3.05, 3.63) is 101 Å². The van der Waals surface area contributed by atoms with E-state index in [4.69, 9.17) is 9.47 Å². The molecule has 2 saturated heterocycles. The van der Waals surface area contributed by atoms with E-state index in [2.05, 4.69) is 9.88 Å². The van der Waals surface area contributed by atoms with Crippen LogP contribution in [-0.4, -0.2) is 71.0 Å². The van der Waals surface area contributed by atoms with Gasteiger partial charge >= 0.3 is 0 Å². The average Bonchev–Trinajstić information content (AvgIpc) is 3.21. The van der Waals surface area contributed by atoms with Gasteiger partial charge in [0.2, 0.25) is 0 Å². The minimum Gasteiger partial charge on any atom is -0.507 e. The number of nitrogens with zero attached hydrogens (tertiary/aromatic N) is 3. The summed E-state index contributed by atoms with van der Waals surface area (Å²) in [4.78, 5) is 34.3. The molecule has 3 aromatic rings. The molecule has 1 aromatic heterocycles. The predicted octanol–water partition coefficient (Wildman–Crippen LogP) is 3.41. The number of morpholine rings is 1. The lowest BCUT2D eigenvalue weighted by Gasteiger charge is -2.31. The Morgan fingerprint density at radius 3 is 2.49 bits per heavy atom. The van der Waals surface area contributed by atoms with Crippen molar-refractivity contribution in [3.63, 3.8) is 0 Å². The molecule has 0 saturated carbocycles. The lowest BCUT2D eigenvalue weighted by Crippen LogP contribution is -2.42. The summed E-state index contributed by atoms with van der Waals surface area (Å²) in [6.45, 7) is 4.17. The number of carbonyl (C=O) groups excluding carboxylic acids is 2. The fourth-order valence-corrected chi connectivity index (χ4v) is 4.71. The zero-order chi connectivity index (χ0) is 25.6. The third-order valence-corrected chi connectivity index (χ3v) is 6.68. The Kier molecular flexibility index (Phi) is 7.58. The van der Waals surface area contributed by atoms with Crippen LogP contribution in [0.5, 0.6) is 5.75 Å². The molecule has 0 bridgehead atoms. The number of amides is 1. The molecule has 2 aromatic carbocycles. The molecule has 2 fully saturated rings. The predicted molar refractivity (Wildman–Crippen MR) is 138 cm³/mol. The SMILES string of the molecule is O=C1C(=O)N(CCN2CCOCC2)C(c2cccc(OCc3ccccc3)c2)C1=C(O)c1ccncc1. The van der Waals surface area contributed by atoms with E-state index in [1.165, 1.54) is 12.4 Å². The van der Waals surface area contributed by atoms with E-state index in [1.807, 2.05) is 54.6 Å². The molecule has 37 heavy (non-hydrogen) atoms. The van der Waals surface area contributed by atoms with Crippen LogP contribution in [0.3, 0.4) is 0 Å². The summed E-state index contributed by atoms with van der Waals surface area (Å²) < 4.78 is 11.4. The van der Waals surface area contributed by atoms with Gasteiger partial charge in [0.1, 0.15) is 18.1 Å². The van der Waals surface area contributed by atoms with Crippen molar-refractivity contribution in [2.24, 2.45) is 0 Å². The van der Waals surface area contributed by atoms with Gasteiger partial charge in [-0.3, -0.25) is 19.5 Å². The first kappa shape index (κ1) is 24.7. The fraction of sp³-hybridized carbons (Fsp3) is 0.276. The van der Waals surface area contributed by atoms with Crippen LogP contribution in [0.15, 0.2) is 84.7 Å². The monoisotopic (exact) mass is 499 g/mol. The standard InChI is InChI=1S/C29H29N3O5/c33-27(22-9-11-30-12-10-22)25-26(32(29(35)28(25)34)14-13-31-15-17-36-18-16-31)23-7-4-8-24(19-23)37-20-21-5-2-1-3-6-21/h1-12,19,26,33H,13-18,20H2. The van der Waals surface area contributed by atoms with E-state index < -0.39 is 17.7 Å². The van der Waals surface area contributed by atoms with Crippen LogP contribution < -0.4 is 4.74 Å². The van der Waals surface area contributed by atoms with Crippen molar-refractivity contribution >= 4 is 17.4 Å². The first-order chi connectivity index (χ1) is 18.1. The number of pyridine rings is 1. The normalized spacial score (nSPS) is 19.8. The van der Waals surface area contributed by atoms with Crippen LogP contribution in [0, 0.1) is 0 Å². The maximum atomic E-state index is 13.3. The van der Waals surface area contributed by atoms with Crippen LogP contribution in [-0.2, 0) is 20.9 Å². The fourth-order valence-electron chi connectivity index (χ4n) is 4.71. The van der Waals surface area contributed by atoms with Gasteiger partial charge in [0.05, 0.1) is 24.8 Å². The maximum absolute atomic E-state index is 13.3. The largest absolute Gasteiger partial charge is 0.507 e. The third kappa shape index (κ3) is 5.55. The van der Waals surface area contributed by atoms with E-state index in [9.17, 15) is 14.7 Å². The second-order valence-corrected chi connectivity index (χ2v) is 9.03. The lowest BCUT2D eigenvalue weighted by atomic mass is 9.95. The van der Waals surface area contributed by atoms with Crippen molar-refractivity contribution in [2.75, 3.05) is 39.4 Å². The molecule has 2 aliphatic rings. The van der Waals surface area contributed by atoms with Crippen LogP contribution in [0.4, 0.5) is 0 Å². The van der Waals surface area contributed by atoms with Crippen molar-refractivity contribution in [1.82, 2.24) is 14.8 Å². The molecule has 8 nitrogen and oxygen atoms in total. The molecular weight excluding hydrogens is 470 g/mol. The number of ether oxygens (including phenoxy) is 2. The first-order valence-electron chi connectivity index (χ1n) is 12.4. The number of ketones is 1. The number of likely N-dealkylation sites (tertiary alicyclic amines) is 1. The molecule has 0 spiro atoms. The number of Topliss-reactive ketones (excluding diaryl/α,β-unsaturated/α-hetero) is 1. The number of aromatic nitrogens is 1. The van der Waals surface area contributed by atoms with Crippen LogP contribution in [0.25, 0.3) is 5.76 Å². The van der Waals surface area contributed by atoms with Crippen LogP contribution >= 0.6 is 0 Å². The summed E-state index contributed by atoms with van der Waals surface area (Å²) in [6.07, 6.45) is 3.08. The van der Waals surface area contributed by atoms with Gasteiger partial charge in [-0.25, -0.2) is 0 Å². The Morgan fingerprint density at radius 2 is 1.73 bits per heavy atom. The molecule has 8 heteroatoms. The average molecular weight is 500 g/mol. The molecule has 190 valence electrons. The van der Waals surface area contributed by atoms with Gasteiger partial charge in [0.25, 0.3) is 11.7 Å². The van der Waals surface area contributed by atoms with E-state index in [0.717, 1.165) is 18.7 Å². The molecule has 1 unspecified atom stereocenters. The molecule has 0 radical (unpaired) electrons. The molecule has 3 heterocycles. The number of aliphatic hydroxyl groups excluding tert-OH is 1. The zero-order valence-corrected chi connectivity index (χ0v) is 20.5. The van der Waals surface area contributed by atoms with Gasteiger partial charge in [-0.05, 0) is 35.4 Å². The minimum absolute atomic E-state index is 0.0680. The number of carbonyl (C=O) groups is 2. The number of aliphatic hydroxyl groups is 1. The number of hydrogen-bond acceptors (Lipinski definition) is 7. The highest BCUT2D eigenvalue weighted by Gasteiger charge is 2.46. The van der Waals surface area contributed by atoms with E-state index in [1.54, 1.807) is 17.0 Å². The van der Waals surface area contributed by atoms with Crippen molar-refractivity contribution in [3.8, 4) is 5.75 Å². The first-order valence-corrected chi connectivity index (χ1v) is 12.4. The molecular formula is C29H29N3O5. The lowest BCUT2D eigenvalue weighted by molar-refractivity contribution is -0.140. The molecule has 1 atom stereocenters. The van der Waals surface area contributed by atoms with E-state index >= 15 is 0 Å². The van der Waals surface area contributed by atoms with Gasteiger partial charge in [-0.2, -0.15) is 0 Å². The quantitative estimate of drug-likeness (QED) is 0.288. The zero-order valence-electron chi connectivity index (χ0n) is 20.5. The summed E-state index contributed by atoms with van der Waals surface area (Å²) in [5.74, 6) is -0.916. The Hall–Kier alpha value is -4.01.